The first-order valence-corrected chi connectivity index (χ1v) is 5.88. The minimum absolute atomic E-state index is 0.211. The smallest absolute Gasteiger partial charge is 0.0952 e. The van der Waals surface area contributed by atoms with Crippen LogP contribution in [0.3, 0.4) is 0 Å². The monoisotopic (exact) mass is 225 g/mol. The molecule has 0 aliphatic carbocycles. The Balaban J connectivity index is 1.98. The molecule has 15 heavy (non-hydrogen) atoms. The van der Waals surface area contributed by atoms with E-state index in [0.29, 0.717) is 5.88 Å². The van der Waals surface area contributed by atoms with Crippen LogP contribution >= 0.6 is 11.6 Å². The van der Waals surface area contributed by atoms with Crippen molar-refractivity contribution in [3.63, 3.8) is 0 Å². The van der Waals surface area contributed by atoms with Gasteiger partial charge in [-0.05, 0) is 5.56 Å². The van der Waals surface area contributed by atoms with Crippen LogP contribution in [0.5, 0.6) is 0 Å². The number of benzene rings is 1. The first kappa shape index (κ1) is 10.9. The second-order valence-corrected chi connectivity index (χ2v) is 4.14. The predicted octanol–water partition coefficient (Wildman–Crippen LogP) is 2.30. The third-order valence-corrected chi connectivity index (χ3v) is 2.89. The lowest BCUT2D eigenvalue weighted by Crippen LogP contribution is -2.39. The molecule has 0 bridgehead atoms. The summed E-state index contributed by atoms with van der Waals surface area (Å²) in [4.78, 5) is 2.36. The molecule has 1 saturated heterocycles. The van der Waals surface area contributed by atoms with E-state index in [1.54, 1.807) is 0 Å². The Morgan fingerprint density at radius 1 is 1.33 bits per heavy atom. The van der Waals surface area contributed by atoms with Gasteiger partial charge in [-0.15, -0.1) is 11.6 Å². The molecular weight excluding hydrogens is 210 g/mol. The molecule has 0 radical (unpaired) electrons. The minimum atomic E-state index is 0.211. The molecule has 0 aromatic heterocycles. The van der Waals surface area contributed by atoms with Gasteiger partial charge in [0.15, 0.2) is 0 Å². The number of nitrogens with zero attached hydrogens (tertiary/aromatic N) is 1. The summed E-state index contributed by atoms with van der Waals surface area (Å²) in [5.41, 5.74) is 1.26. The van der Waals surface area contributed by atoms with Crippen LogP contribution < -0.4 is 0 Å². The van der Waals surface area contributed by atoms with E-state index in [9.17, 15) is 0 Å². The first-order valence-electron chi connectivity index (χ1n) is 5.35. The number of hydrogen-bond donors (Lipinski definition) is 0. The average molecular weight is 226 g/mol. The molecule has 1 aromatic carbocycles. The molecule has 0 saturated carbocycles. The highest BCUT2D eigenvalue weighted by Crippen LogP contribution is 2.21. The molecule has 0 N–H and O–H groups in total. The number of morpholine rings is 1. The van der Waals surface area contributed by atoms with Crippen molar-refractivity contribution in [3.8, 4) is 0 Å². The van der Waals surface area contributed by atoms with Gasteiger partial charge in [0.1, 0.15) is 0 Å². The summed E-state index contributed by atoms with van der Waals surface area (Å²) in [6.07, 6.45) is 0.211. The van der Waals surface area contributed by atoms with Crippen LogP contribution in [0, 0.1) is 0 Å². The van der Waals surface area contributed by atoms with Crippen LogP contribution in [-0.2, 0) is 4.74 Å². The fraction of sp³-hybridized carbons (Fsp3) is 0.500. The van der Waals surface area contributed by atoms with E-state index in [4.69, 9.17) is 16.3 Å². The quantitative estimate of drug-likeness (QED) is 0.732. The molecule has 82 valence electrons. The number of hydrogen-bond acceptors (Lipinski definition) is 2. The van der Waals surface area contributed by atoms with Crippen molar-refractivity contribution >= 4 is 11.6 Å². The maximum atomic E-state index is 5.76. The van der Waals surface area contributed by atoms with Gasteiger partial charge < -0.3 is 4.74 Å². The zero-order valence-electron chi connectivity index (χ0n) is 8.73. The molecule has 1 atom stereocenters. The molecule has 1 heterocycles. The number of rotatable bonds is 3. The van der Waals surface area contributed by atoms with Crippen LogP contribution in [-0.4, -0.2) is 37.0 Å². The van der Waals surface area contributed by atoms with Crippen molar-refractivity contribution < 1.29 is 4.74 Å². The Kier molecular flexibility index (Phi) is 4.01. The van der Waals surface area contributed by atoms with Gasteiger partial charge in [0.05, 0.1) is 12.7 Å². The molecule has 1 aliphatic rings. The highest BCUT2D eigenvalue weighted by atomic mass is 35.5. The summed E-state index contributed by atoms with van der Waals surface area (Å²) in [5, 5.41) is 0. The molecule has 1 unspecified atom stereocenters. The molecule has 1 fully saturated rings. The van der Waals surface area contributed by atoms with Gasteiger partial charge in [-0.1, -0.05) is 30.3 Å². The average Bonchev–Trinajstić information content (AvgIpc) is 2.31. The number of ether oxygens (including phenoxy) is 1. The second kappa shape index (κ2) is 5.50. The zero-order valence-corrected chi connectivity index (χ0v) is 9.49. The van der Waals surface area contributed by atoms with E-state index in [1.165, 1.54) is 5.56 Å². The van der Waals surface area contributed by atoms with Crippen LogP contribution in [0.2, 0.25) is 0 Å². The van der Waals surface area contributed by atoms with E-state index in [1.807, 2.05) is 6.07 Å². The minimum Gasteiger partial charge on any atom is -0.371 e. The van der Waals surface area contributed by atoms with Gasteiger partial charge in [0.25, 0.3) is 0 Å². The lowest BCUT2D eigenvalue weighted by molar-refractivity contribution is -0.0278. The van der Waals surface area contributed by atoms with Crippen LogP contribution in [0.1, 0.15) is 11.7 Å². The van der Waals surface area contributed by atoms with E-state index < -0.39 is 0 Å². The van der Waals surface area contributed by atoms with Crippen LogP contribution in [0.4, 0.5) is 0 Å². The number of halogens is 1. The Morgan fingerprint density at radius 3 is 2.87 bits per heavy atom. The van der Waals surface area contributed by atoms with Gasteiger partial charge in [-0.25, -0.2) is 0 Å². The normalized spacial score (nSPS) is 22.9. The Labute approximate surface area is 95.8 Å². The van der Waals surface area contributed by atoms with Gasteiger partial charge in [0.2, 0.25) is 0 Å². The lowest BCUT2D eigenvalue weighted by atomic mass is 10.1. The van der Waals surface area contributed by atoms with Crippen molar-refractivity contribution in [3.05, 3.63) is 35.9 Å². The largest absolute Gasteiger partial charge is 0.371 e. The third kappa shape index (κ3) is 2.94. The first-order chi connectivity index (χ1) is 7.40. The van der Waals surface area contributed by atoms with Crippen molar-refractivity contribution in [2.75, 3.05) is 32.1 Å². The fourth-order valence-electron chi connectivity index (χ4n) is 1.89. The maximum Gasteiger partial charge on any atom is 0.0952 e. The molecule has 0 spiro atoms. The van der Waals surface area contributed by atoms with Gasteiger partial charge >= 0.3 is 0 Å². The summed E-state index contributed by atoms with van der Waals surface area (Å²) in [6, 6.07) is 10.4. The van der Waals surface area contributed by atoms with Crippen LogP contribution in [0.25, 0.3) is 0 Å². The summed E-state index contributed by atoms with van der Waals surface area (Å²) < 4.78 is 5.76. The van der Waals surface area contributed by atoms with E-state index >= 15 is 0 Å². The molecule has 2 rings (SSSR count). The van der Waals surface area contributed by atoms with E-state index in [0.717, 1.165) is 26.2 Å². The number of alkyl halides is 1. The van der Waals surface area contributed by atoms with Crippen molar-refractivity contribution in [2.24, 2.45) is 0 Å². The predicted molar refractivity (Wildman–Crippen MR) is 62.3 cm³/mol. The van der Waals surface area contributed by atoms with E-state index in [2.05, 4.69) is 29.2 Å². The standard InChI is InChI=1S/C12H16ClNO/c13-6-7-14-8-9-15-12(10-14)11-4-2-1-3-5-11/h1-5,12H,6-10H2. The Hall–Kier alpha value is -0.570. The van der Waals surface area contributed by atoms with Crippen molar-refractivity contribution in [1.82, 2.24) is 4.90 Å². The zero-order chi connectivity index (χ0) is 10.5. The SMILES string of the molecule is ClCCN1CCOC(c2ccccc2)C1. The second-order valence-electron chi connectivity index (χ2n) is 3.76. The van der Waals surface area contributed by atoms with Gasteiger partial charge in [-0.3, -0.25) is 4.90 Å². The third-order valence-electron chi connectivity index (χ3n) is 2.72. The molecule has 1 aromatic rings. The topological polar surface area (TPSA) is 12.5 Å². The molecule has 1 aliphatic heterocycles. The Bertz CT molecular complexity index is 289. The maximum absolute atomic E-state index is 5.76. The summed E-state index contributed by atoms with van der Waals surface area (Å²) in [5.74, 6) is 0.696. The van der Waals surface area contributed by atoms with E-state index in [-0.39, 0.29) is 6.10 Å². The highest BCUT2D eigenvalue weighted by Gasteiger charge is 2.20. The highest BCUT2D eigenvalue weighted by molar-refractivity contribution is 6.18. The molecule has 3 heteroatoms. The molecule has 0 amide bonds. The van der Waals surface area contributed by atoms with Crippen LogP contribution in [0.15, 0.2) is 30.3 Å². The van der Waals surface area contributed by atoms with Crippen molar-refractivity contribution in [2.45, 2.75) is 6.10 Å². The summed E-state index contributed by atoms with van der Waals surface area (Å²) >= 11 is 5.75. The van der Waals surface area contributed by atoms with Crippen molar-refractivity contribution in [1.29, 1.82) is 0 Å². The summed E-state index contributed by atoms with van der Waals surface area (Å²) in [7, 11) is 0. The summed E-state index contributed by atoms with van der Waals surface area (Å²) in [6.45, 7) is 3.71. The Morgan fingerprint density at radius 2 is 2.13 bits per heavy atom. The lowest BCUT2D eigenvalue weighted by Gasteiger charge is -2.32. The van der Waals surface area contributed by atoms with Gasteiger partial charge in [-0.2, -0.15) is 0 Å². The molecular formula is C12H16ClNO. The van der Waals surface area contributed by atoms with Gasteiger partial charge in [0, 0.05) is 25.5 Å². The molecule has 2 nitrogen and oxygen atoms in total. The fourth-order valence-corrected chi connectivity index (χ4v) is 2.13.